The number of nitrogens with zero attached hydrogens (tertiary/aromatic N) is 3. The Morgan fingerprint density at radius 1 is 0.962 bits per heavy atom. The second-order valence-corrected chi connectivity index (χ2v) is 7.00. The van der Waals surface area contributed by atoms with Gasteiger partial charge in [0.05, 0.1) is 12.5 Å². The monoisotopic (exact) mass is 349 g/mol. The Morgan fingerprint density at radius 3 is 2.35 bits per heavy atom. The van der Waals surface area contributed by atoms with Crippen molar-refractivity contribution in [1.82, 2.24) is 9.80 Å². The molecule has 0 spiro atoms. The van der Waals surface area contributed by atoms with Gasteiger partial charge in [-0.1, -0.05) is 36.4 Å². The molecular formula is C21H23N3O2. The summed E-state index contributed by atoms with van der Waals surface area (Å²) in [5, 5.41) is 0. The van der Waals surface area contributed by atoms with Gasteiger partial charge in [0.25, 0.3) is 5.91 Å². The third kappa shape index (κ3) is 2.99. The Morgan fingerprint density at radius 2 is 1.62 bits per heavy atom. The molecule has 2 aliphatic rings. The molecule has 2 amide bonds. The van der Waals surface area contributed by atoms with E-state index < -0.39 is 0 Å². The number of rotatable bonds is 3. The van der Waals surface area contributed by atoms with Crippen molar-refractivity contribution in [3.8, 4) is 0 Å². The molecule has 2 aromatic carbocycles. The number of hydrogen-bond donors (Lipinski definition) is 0. The Balaban J connectivity index is 1.63. The summed E-state index contributed by atoms with van der Waals surface area (Å²) in [6.07, 6.45) is 0.321. The highest BCUT2D eigenvalue weighted by atomic mass is 16.2. The second kappa shape index (κ2) is 6.92. The Bertz CT molecular complexity index is 813. The summed E-state index contributed by atoms with van der Waals surface area (Å²) < 4.78 is 0. The minimum Gasteiger partial charge on any atom is -0.340 e. The quantitative estimate of drug-likeness (QED) is 0.855. The molecule has 1 fully saturated rings. The summed E-state index contributed by atoms with van der Waals surface area (Å²) in [4.78, 5) is 31.9. The summed E-state index contributed by atoms with van der Waals surface area (Å²) >= 11 is 0. The van der Waals surface area contributed by atoms with Crippen molar-refractivity contribution < 1.29 is 9.59 Å². The number of carbonyl (C=O) groups is 2. The van der Waals surface area contributed by atoms with Crippen molar-refractivity contribution in [3.63, 3.8) is 0 Å². The fourth-order valence-corrected chi connectivity index (χ4v) is 3.83. The zero-order chi connectivity index (χ0) is 18.1. The van der Waals surface area contributed by atoms with Crippen LogP contribution in [0.1, 0.15) is 28.4 Å². The van der Waals surface area contributed by atoms with Gasteiger partial charge in [0.15, 0.2) is 0 Å². The predicted octanol–water partition coefficient (Wildman–Crippen LogP) is 2.55. The van der Waals surface area contributed by atoms with E-state index in [1.165, 1.54) is 0 Å². The lowest BCUT2D eigenvalue weighted by atomic mass is 10.0. The van der Waals surface area contributed by atoms with Crippen molar-refractivity contribution in [3.05, 3.63) is 65.7 Å². The van der Waals surface area contributed by atoms with Crippen LogP contribution in [0, 0.1) is 0 Å². The van der Waals surface area contributed by atoms with Crippen molar-refractivity contribution >= 4 is 17.5 Å². The van der Waals surface area contributed by atoms with E-state index in [1.807, 2.05) is 59.5 Å². The number of amides is 2. The van der Waals surface area contributed by atoms with Gasteiger partial charge in [0, 0.05) is 37.4 Å². The lowest BCUT2D eigenvalue weighted by Crippen LogP contribution is -2.47. The Kier molecular flexibility index (Phi) is 4.47. The van der Waals surface area contributed by atoms with Crippen LogP contribution < -0.4 is 4.90 Å². The van der Waals surface area contributed by atoms with E-state index in [0.29, 0.717) is 12.0 Å². The first-order valence-corrected chi connectivity index (χ1v) is 9.09. The first-order valence-electron chi connectivity index (χ1n) is 9.09. The molecule has 2 aromatic rings. The van der Waals surface area contributed by atoms with Gasteiger partial charge in [-0.3, -0.25) is 9.59 Å². The van der Waals surface area contributed by atoms with Crippen LogP contribution in [0.2, 0.25) is 0 Å². The number of anilines is 1. The smallest absolute Gasteiger partial charge is 0.259 e. The summed E-state index contributed by atoms with van der Waals surface area (Å²) in [5.74, 6) is 0.0940. The number of para-hydroxylation sites is 1. The molecule has 26 heavy (non-hydrogen) atoms. The zero-order valence-electron chi connectivity index (χ0n) is 15.0. The van der Waals surface area contributed by atoms with Crippen LogP contribution in [0.15, 0.2) is 54.6 Å². The normalized spacial score (nSPS) is 20.3. The molecule has 0 aromatic heterocycles. The van der Waals surface area contributed by atoms with E-state index >= 15 is 0 Å². The Hall–Kier alpha value is -2.66. The minimum atomic E-state index is -0.242. The van der Waals surface area contributed by atoms with Crippen molar-refractivity contribution in [2.45, 2.75) is 12.5 Å². The Labute approximate surface area is 153 Å². The molecule has 5 nitrogen and oxygen atoms in total. The zero-order valence-corrected chi connectivity index (χ0v) is 15.0. The van der Waals surface area contributed by atoms with Gasteiger partial charge >= 0.3 is 0 Å². The fraction of sp³-hybridized carbons (Fsp3) is 0.333. The number of hydrogen-bond acceptors (Lipinski definition) is 3. The molecule has 5 heteroatoms. The highest BCUT2D eigenvalue weighted by molar-refractivity contribution is 6.11. The van der Waals surface area contributed by atoms with Gasteiger partial charge < -0.3 is 14.7 Å². The number of fused-ring (bicyclic) bond motifs is 1. The highest BCUT2D eigenvalue weighted by Gasteiger charge is 2.39. The van der Waals surface area contributed by atoms with Crippen molar-refractivity contribution in [2.24, 2.45) is 0 Å². The number of likely N-dealkylation sites (N-methyl/N-ethyl adjacent to an activating group) is 1. The van der Waals surface area contributed by atoms with Crippen LogP contribution in [0.5, 0.6) is 0 Å². The first-order chi connectivity index (χ1) is 12.6. The standard InChI is InChI=1S/C21H23N3O2/c1-22-11-13-23(14-12-22)20(25)15-19-17-9-5-6-10-18(17)21(26)24(19)16-7-3-2-4-8-16/h2-10,19H,11-15H2,1H3. The second-order valence-electron chi connectivity index (χ2n) is 7.00. The van der Waals surface area contributed by atoms with Crippen LogP contribution in [0.25, 0.3) is 0 Å². The van der Waals surface area contributed by atoms with Crippen LogP contribution >= 0.6 is 0 Å². The third-order valence-electron chi connectivity index (χ3n) is 5.34. The summed E-state index contributed by atoms with van der Waals surface area (Å²) in [5.41, 5.74) is 2.49. The van der Waals surface area contributed by atoms with Crippen molar-refractivity contribution in [1.29, 1.82) is 0 Å². The molecule has 0 saturated carbocycles. The molecule has 1 atom stereocenters. The van der Waals surface area contributed by atoms with E-state index in [2.05, 4.69) is 11.9 Å². The van der Waals surface area contributed by atoms with Gasteiger partial charge in [0.2, 0.25) is 5.91 Å². The molecule has 2 aliphatic heterocycles. The van der Waals surface area contributed by atoms with Crippen LogP contribution in [-0.2, 0) is 4.79 Å². The van der Waals surface area contributed by atoms with E-state index in [4.69, 9.17) is 0 Å². The summed E-state index contributed by atoms with van der Waals surface area (Å²) in [7, 11) is 2.07. The maximum absolute atomic E-state index is 13.0. The van der Waals surface area contributed by atoms with Gasteiger partial charge in [-0.15, -0.1) is 0 Å². The average molecular weight is 349 g/mol. The van der Waals surface area contributed by atoms with Crippen molar-refractivity contribution in [2.75, 3.05) is 38.1 Å². The van der Waals surface area contributed by atoms with Crippen LogP contribution in [0.3, 0.4) is 0 Å². The van der Waals surface area contributed by atoms with Gasteiger partial charge in [-0.25, -0.2) is 0 Å². The topological polar surface area (TPSA) is 43.9 Å². The first kappa shape index (κ1) is 16.8. The average Bonchev–Trinajstić information content (AvgIpc) is 2.95. The lowest BCUT2D eigenvalue weighted by Gasteiger charge is -2.34. The molecule has 1 saturated heterocycles. The van der Waals surface area contributed by atoms with E-state index in [1.54, 1.807) is 4.90 Å². The molecule has 1 unspecified atom stereocenters. The number of piperazine rings is 1. The maximum atomic E-state index is 13.0. The highest BCUT2D eigenvalue weighted by Crippen LogP contribution is 2.39. The molecule has 134 valence electrons. The van der Waals surface area contributed by atoms with Crippen LogP contribution in [0.4, 0.5) is 5.69 Å². The molecule has 0 aliphatic carbocycles. The lowest BCUT2D eigenvalue weighted by molar-refractivity contribution is -0.133. The molecule has 4 rings (SSSR count). The largest absolute Gasteiger partial charge is 0.340 e. The maximum Gasteiger partial charge on any atom is 0.259 e. The minimum absolute atomic E-state index is 0.0250. The number of carbonyl (C=O) groups excluding carboxylic acids is 2. The van der Waals surface area contributed by atoms with Crippen LogP contribution in [-0.4, -0.2) is 54.8 Å². The number of benzene rings is 2. The van der Waals surface area contributed by atoms with E-state index in [-0.39, 0.29) is 17.9 Å². The summed E-state index contributed by atoms with van der Waals surface area (Å²) in [6.45, 7) is 3.30. The van der Waals surface area contributed by atoms with Gasteiger partial charge in [-0.05, 0) is 30.8 Å². The summed E-state index contributed by atoms with van der Waals surface area (Å²) in [6, 6.07) is 17.0. The molecule has 2 heterocycles. The molecule has 0 bridgehead atoms. The predicted molar refractivity (Wildman–Crippen MR) is 101 cm³/mol. The van der Waals surface area contributed by atoms with E-state index in [9.17, 15) is 9.59 Å². The molecule has 0 N–H and O–H groups in total. The fourth-order valence-electron chi connectivity index (χ4n) is 3.83. The third-order valence-corrected chi connectivity index (χ3v) is 5.34. The molecular weight excluding hydrogens is 326 g/mol. The van der Waals surface area contributed by atoms with Gasteiger partial charge in [-0.2, -0.15) is 0 Å². The van der Waals surface area contributed by atoms with Gasteiger partial charge in [0.1, 0.15) is 0 Å². The molecule has 0 radical (unpaired) electrons. The van der Waals surface area contributed by atoms with E-state index in [0.717, 1.165) is 37.4 Å². The SMILES string of the molecule is CN1CCN(C(=O)CC2c3ccccc3C(=O)N2c2ccccc2)CC1.